The molecule has 11 nitrogen and oxygen atoms in total. The lowest BCUT2D eigenvalue weighted by molar-refractivity contribution is -0.385. The molecule has 0 bridgehead atoms. The van der Waals surface area contributed by atoms with Gasteiger partial charge >= 0.3 is 5.97 Å². The fourth-order valence-electron chi connectivity index (χ4n) is 3.02. The Morgan fingerprint density at radius 2 is 1.67 bits per heavy atom. The summed E-state index contributed by atoms with van der Waals surface area (Å²) in [5.74, 6) is -2.63. The van der Waals surface area contributed by atoms with Crippen molar-refractivity contribution in [3.05, 3.63) is 74.3 Å². The van der Waals surface area contributed by atoms with Gasteiger partial charge in [-0.15, -0.1) is 0 Å². The third-order valence-electron chi connectivity index (χ3n) is 4.54. The number of hydrogen-bond donors (Lipinski definition) is 0. The smallest absolute Gasteiger partial charge is 0.311 e. The molecule has 0 spiro atoms. The van der Waals surface area contributed by atoms with Crippen LogP contribution in [0.2, 0.25) is 0 Å². The highest BCUT2D eigenvalue weighted by molar-refractivity contribution is 6.01. The molecular formula is C19H15N3O8. The van der Waals surface area contributed by atoms with Crippen molar-refractivity contribution < 1.29 is 29.0 Å². The average Bonchev–Trinajstić information content (AvgIpc) is 3.13. The fourth-order valence-corrected chi connectivity index (χ4v) is 3.02. The molecule has 11 heteroatoms. The van der Waals surface area contributed by atoms with Crippen molar-refractivity contribution in [1.29, 1.82) is 0 Å². The maximum atomic E-state index is 12.3. The van der Waals surface area contributed by atoms with Gasteiger partial charge in [0.1, 0.15) is 0 Å². The van der Waals surface area contributed by atoms with Crippen LogP contribution >= 0.6 is 0 Å². The monoisotopic (exact) mass is 413 g/mol. The predicted molar refractivity (Wildman–Crippen MR) is 102 cm³/mol. The van der Waals surface area contributed by atoms with Crippen LogP contribution in [0.1, 0.15) is 16.8 Å². The Bertz CT molecular complexity index is 1050. The van der Waals surface area contributed by atoms with E-state index in [0.717, 1.165) is 6.07 Å². The minimum atomic E-state index is -0.838. The number of Topliss-reactive ketones (excluding diaryl/α,β-unsaturated/α-hetero) is 1. The first-order chi connectivity index (χ1) is 14.3. The van der Waals surface area contributed by atoms with Gasteiger partial charge in [-0.2, -0.15) is 0 Å². The lowest BCUT2D eigenvalue weighted by Crippen LogP contribution is -2.27. The molecule has 1 saturated heterocycles. The van der Waals surface area contributed by atoms with Gasteiger partial charge in [0.2, 0.25) is 11.7 Å². The maximum Gasteiger partial charge on any atom is 0.311 e. The minimum absolute atomic E-state index is 0.0257. The van der Waals surface area contributed by atoms with Crippen molar-refractivity contribution >= 4 is 34.7 Å². The first-order valence-electron chi connectivity index (χ1n) is 8.75. The van der Waals surface area contributed by atoms with E-state index in [0.29, 0.717) is 0 Å². The van der Waals surface area contributed by atoms with E-state index in [2.05, 4.69) is 0 Å². The van der Waals surface area contributed by atoms with Crippen molar-refractivity contribution in [1.82, 2.24) is 0 Å². The number of non-ortho nitro benzene ring substituents is 2. The molecule has 1 fully saturated rings. The first-order valence-corrected chi connectivity index (χ1v) is 8.75. The third-order valence-corrected chi connectivity index (χ3v) is 4.54. The highest BCUT2D eigenvalue weighted by Crippen LogP contribution is 2.28. The molecule has 2 aromatic carbocycles. The Morgan fingerprint density at radius 1 is 1.03 bits per heavy atom. The van der Waals surface area contributed by atoms with E-state index in [1.807, 2.05) is 0 Å². The number of esters is 1. The van der Waals surface area contributed by atoms with E-state index in [-0.39, 0.29) is 35.6 Å². The molecule has 0 aromatic heterocycles. The van der Waals surface area contributed by atoms with Crippen LogP contribution < -0.4 is 4.90 Å². The van der Waals surface area contributed by atoms with Crippen LogP contribution in [-0.2, 0) is 14.3 Å². The van der Waals surface area contributed by atoms with Crippen LogP contribution in [0.3, 0.4) is 0 Å². The second-order valence-electron chi connectivity index (χ2n) is 6.52. The lowest BCUT2D eigenvalue weighted by Gasteiger charge is -2.16. The quantitative estimate of drug-likeness (QED) is 0.290. The molecule has 1 heterocycles. The minimum Gasteiger partial charge on any atom is -0.457 e. The summed E-state index contributed by atoms with van der Waals surface area (Å²) in [6.07, 6.45) is -0.160. The molecule has 1 aliphatic heterocycles. The van der Waals surface area contributed by atoms with Gasteiger partial charge in [0, 0.05) is 42.8 Å². The number of hydrogen-bond acceptors (Lipinski definition) is 8. The van der Waals surface area contributed by atoms with Gasteiger partial charge < -0.3 is 9.64 Å². The fraction of sp³-hybridized carbons (Fsp3) is 0.211. The van der Waals surface area contributed by atoms with Gasteiger partial charge in [0.25, 0.3) is 11.4 Å². The van der Waals surface area contributed by atoms with E-state index < -0.39 is 40.0 Å². The number of ketones is 1. The van der Waals surface area contributed by atoms with Crippen LogP contribution in [0.5, 0.6) is 0 Å². The summed E-state index contributed by atoms with van der Waals surface area (Å²) in [6, 6.07) is 10.5. The first kappa shape index (κ1) is 20.6. The van der Waals surface area contributed by atoms with Gasteiger partial charge in [-0.1, -0.05) is 18.2 Å². The van der Waals surface area contributed by atoms with Crippen LogP contribution in [0.4, 0.5) is 17.1 Å². The molecule has 30 heavy (non-hydrogen) atoms. The second-order valence-corrected chi connectivity index (χ2v) is 6.52. The predicted octanol–water partition coefficient (Wildman–Crippen LogP) is 2.28. The summed E-state index contributed by atoms with van der Waals surface area (Å²) in [4.78, 5) is 58.4. The van der Waals surface area contributed by atoms with E-state index in [4.69, 9.17) is 4.74 Å². The Kier molecular flexibility index (Phi) is 5.81. The second kappa shape index (κ2) is 8.47. The lowest BCUT2D eigenvalue weighted by atomic mass is 10.1. The summed E-state index contributed by atoms with van der Waals surface area (Å²) in [5, 5.41) is 21.7. The van der Waals surface area contributed by atoms with E-state index in [1.54, 1.807) is 0 Å². The Hall–Kier alpha value is -4.15. The number of rotatable bonds is 7. The van der Waals surface area contributed by atoms with Gasteiger partial charge in [-0.3, -0.25) is 34.6 Å². The summed E-state index contributed by atoms with van der Waals surface area (Å²) >= 11 is 0. The molecular weight excluding hydrogens is 398 g/mol. The normalized spacial score (nSPS) is 15.7. The van der Waals surface area contributed by atoms with Crippen LogP contribution in [0, 0.1) is 26.1 Å². The number of nitro groups is 2. The number of nitrogens with zero attached hydrogens (tertiary/aromatic N) is 3. The molecule has 0 N–H and O–H groups in total. The molecule has 0 radical (unpaired) electrons. The number of nitro benzene ring substituents is 2. The van der Waals surface area contributed by atoms with Gasteiger partial charge in [0.05, 0.1) is 21.5 Å². The Labute approximate surface area is 169 Å². The van der Waals surface area contributed by atoms with Crippen LogP contribution in [0.15, 0.2) is 48.5 Å². The molecule has 1 aliphatic rings. The summed E-state index contributed by atoms with van der Waals surface area (Å²) < 4.78 is 4.99. The summed E-state index contributed by atoms with van der Waals surface area (Å²) in [7, 11) is 0. The van der Waals surface area contributed by atoms with Crippen molar-refractivity contribution in [2.75, 3.05) is 18.1 Å². The third kappa shape index (κ3) is 4.46. The SMILES string of the molecule is O=C(COC(=O)[C@H]1CC(=O)N(c2cccc([N+](=O)[O-])c2)C1)c1cccc([N+](=O)[O-])c1. The topological polar surface area (TPSA) is 150 Å². The number of anilines is 1. The van der Waals surface area contributed by atoms with Crippen LogP contribution in [-0.4, -0.2) is 40.7 Å². The summed E-state index contributed by atoms with van der Waals surface area (Å²) in [5.41, 5.74) is -0.134. The van der Waals surface area contributed by atoms with Gasteiger partial charge in [0.15, 0.2) is 6.61 Å². The molecule has 154 valence electrons. The standard InChI is InChI=1S/C19H15N3O8/c23-17(12-3-1-5-15(7-12)21(26)27)11-30-19(25)13-8-18(24)20(10-13)14-4-2-6-16(9-14)22(28)29/h1-7,9,13H,8,10-11H2/t13-/m0/s1. The van der Waals surface area contributed by atoms with Crippen LogP contribution in [0.25, 0.3) is 0 Å². The van der Waals surface area contributed by atoms with Crippen molar-refractivity contribution in [2.45, 2.75) is 6.42 Å². The number of benzene rings is 2. The molecule has 0 aliphatic carbocycles. The van der Waals surface area contributed by atoms with Crippen molar-refractivity contribution in [3.63, 3.8) is 0 Å². The number of carbonyl (C=O) groups excluding carboxylic acids is 3. The zero-order valence-electron chi connectivity index (χ0n) is 15.4. The Balaban J connectivity index is 1.61. The van der Waals surface area contributed by atoms with E-state index in [9.17, 15) is 34.6 Å². The highest BCUT2D eigenvalue weighted by atomic mass is 16.6. The molecule has 0 unspecified atom stereocenters. The zero-order chi connectivity index (χ0) is 21.8. The zero-order valence-corrected chi connectivity index (χ0v) is 15.4. The number of amides is 1. The maximum absolute atomic E-state index is 12.3. The summed E-state index contributed by atoms with van der Waals surface area (Å²) in [6.45, 7) is -0.661. The number of ether oxygens (including phenoxy) is 1. The van der Waals surface area contributed by atoms with Crippen molar-refractivity contribution in [3.8, 4) is 0 Å². The largest absolute Gasteiger partial charge is 0.457 e. The molecule has 0 saturated carbocycles. The van der Waals surface area contributed by atoms with Crippen molar-refractivity contribution in [2.24, 2.45) is 5.92 Å². The van der Waals surface area contributed by atoms with E-state index >= 15 is 0 Å². The average molecular weight is 413 g/mol. The molecule has 3 rings (SSSR count). The van der Waals surface area contributed by atoms with E-state index in [1.165, 1.54) is 47.4 Å². The Morgan fingerprint density at radius 3 is 2.33 bits per heavy atom. The molecule has 1 atom stereocenters. The highest BCUT2D eigenvalue weighted by Gasteiger charge is 2.36. The van der Waals surface area contributed by atoms with Gasteiger partial charge in [-0.25, -0.2) is 0 Å². The number of carbonyl (C=O) groups is 3. The molecule has 2 aromatic rings. The molecule has 1 amide bonds. The van der Waals surface area contributed by atoms with Gasteiger partial charge in [-0.05, 0) is 6.07 Å².